The second-order valence-corrected chi connectivity index (χ2v) is 7.49. The quantitative estimate of drug-likeness (QED) is 0.692. The van der Waals surface area contributed by atoms with Gasteiger partial charge in [0, 0.05) is 13.6 Å². The molecule has 3 rings (SSSR count). The van der Waals surface area contributed by atoms with Crippen LogP contribution in [0.4, 0.5) is 4.79 Å². The van der Waals surface area contributed by atoms with Crippen molar-refractivity contribution in [1.29, 1.82) is 0 Å². The molecule has 2 aliphatic rings. The Balaban J connectivity index is 1.70. The van der Waals surface area contributed by atoms with E-state index in [0.29, 0.717) is 18.3 Å². The molecular formula is C19H24N4O4S. The molecule has 9 heteroatoms. The monoisotopic (exact) mass is 404 g/mol. The van der Waals surface area contributed by atoms with Gasteiger partial charge < -0.3 is 14.5 Å². The Morgan fingerprint density at radius 2 is 2.04 bits per heavy atom. The van der Waals surface area contributed by atoms with Crippen molar-refractivity contribution in [3.05, 3.63) is 35.9 Å². The van der Waals surface area contributed by atoms with Crippen LogP contribution in [0, 0.1) is 0 Å². The molecule has 150 valence electrons. The number of hydrogen-bond donors (Lipinski definition) is 1. The summed E-state index contributed by atoms with van der Waals surface area (Å²) in [4.78, 5) is 44.1. The normalized spacial score (nSPS) is 21.3. The Morgan fingerprint density at radius 3 is 2.75 bits per heavy atom. The van der Waals surface area contributed by atoms with E-state index in [1.165, 1.54) is 22.2 Å². The summed E-state index contributed by atoms with van der Waals surface area (Å²) in [5.74, 6) is -0.577. The van der Waals surface area contributed by atoms with Crippen LogP contribution in [0.1, 0.15) is 18.9 Å². The first-order chi connectivity index (χ1) is 13.5. The number of thioether (sulfide) groups is 1. The summed E-state index contributed by atoms with van der Waals surface area (Å²) in [5.41, 5.74) is 1.22. The van der Waals surface area contributed by atoms with Crippen LogP contribution in [0.25, 0.3) is 0 Å². The van der Waals surface area contributed by atoms with Gasteiger partial charge in [-0.25, -0.2) is 9.79 Å². The van der Waals surface area contributed by atoms with Crippen molar-refractivity contribution in [3.63, 3.8) is 0 Å². The van der Waals surface area contributed by atoms with E-state index in [0.717, 1.165) is 12.8 Å². The first kappa shape index (κ1) is 20.2. The van der Waals surface area contributed by atoms with Gasteiger partial charge in [0.1, 0.15) is 0 Å². The number of carbonyl (C=O) groups is 3. The van der Waals surface area contributed by atoms with Crippen molar-refractivity contribution >= 4 is 34.8 Å². The number of esters is 1. The standard InChI is InChI=1S/C19H24N4O4S/c1-3-27-14(24)12-28-19-20-16-15(17(25)21-18(26)22(16)2)23(19)11-7-10-13-8-5-4-6-9-13/h4-6,8-9,15-16H,3,7,10-12H2,1-2H3,(H,21,25,26). The number of fused-ring (bicyclic) bond motifs is 1. The fourth-order valence-electron chi connectivity index (χ4n) is 3.28. The summed E-state index contributed by atoms with van der Waals surface area (Å²) in [6, 6.07) is 9.06. The van der Waals surface area contributed by atoms with E-state index in [9.17, 15) is 14.4 Å². The zero-order valence-corrected chi connectivity index (χ0v) is 16.8. The Morgan fingerprint density at radius 1 is 1.29 bits per heavy atom. The lowest BCUT2D eigenvalue weighted by Crippen LogP contribution is -2.63. The lowest BCUT2D eigenvalue weighted by atomic mass is 10.1. The van der Waals surface area contributed by atoms with Gasteiger partial charge in [-0.1, -0.05) is 42.1 Å². The van der Waals surface area contributed by atoms with Crippen LogP contribution < -0.4 is 5.32 Å². The first-order valence-electron chi connectivity index (χ1n) is 9.25. The molecule has 2 atom stereocenters. The highest BCUT2D eigenvalue weighted by molar-refractivity contribution is 8.14. The van der Waals surface area contributed by atoms with Gasteiger partial charge in [-0.15, -0.1) is 0 Å². The number of ether oxygens (including phenoxy) is 1. The van der Waals surface area contributed by atoms with E-state index >= 15 is 0 Å². The Labute approximate surface area is 168 Å². The Bertz CT molecular complexity index is 770. The highest BCUT2D eigenvalue weighted by Crippen LogP contribution is 2.28. The van der Waals surface area contributed by atoms with Crippen LogP contribution in [0.5, 0.6) is 0 Å². The van der Waals surface area contributed by atoms with Crippen molar-refractivity contribution in [3.8, 4) is 0 Å². The number of nitrogens with one attached hydrogen (secondary N) is 1. The minimum Gasteiger partial charge on any atom is -0.465 e. The van der Waals surface area contributed by atoms with Crippen molar-refractivity contribution in [2.75, 3.05) is 26.0 Å². The third kappa shape index (κ3) is 4.46. The minimum atomic E-state index is -0.581. The number of aryl methyl sites for hydroxylation is 1. The SMILES string of the molecule is CCOC(=O)CSC1=NC2C(C(=O)NC(=O)N2C)N1CCCc1ccccc1. The smallest absolute Gasteiger partial charge is 0.325 e. The van der Waals surface area contributed by atoms with Crippen LogP contribution in [-0.4, -0.2) is 71.0 Å². The van der Waals surface area contributed by atoms with Crippen LogP contribution in [0.15, 0.2) is 35.3 Å². The van der Waals surface area contributed by atoms with Gasteiger partial charge in [0.15, 0.2) is 17.4 Å². The zero-order chi connectivity index (χ0) is 20.1. The lowest BCUT2D eigenvalue weighted by molar-refractivity contribution is -0.139. The minimum absolute atomic E-state index is 0.112. The number of amidine groups is 1. The molecule has 2 aliphatic heterocycles. The molecule has 0 saturated carbocycles. The average Bonchev–Trinajstić information content (AvgIpc) is 3.05. The number of imide groups is 1. The van der Waals surface area contributed by atoms with E-state index in [2.05, 4.69) is 22.4 Å². The van der Waals surface area contributed by atoms with Gasteiger partial charge in [-0.05, 0) is 25.3 Å². The summed E-state index contributed by atoms with van der Waals surface area (Å²) < 4.78 is 4.98. The number of likely N-dealkylation sites (N-methyl/N-ethyl adjacent to an activating group) is 1. The number of nitrogens with zero attached hydrogens (tertiary/aromatic N) is 3. The van der Waals surface area contributed by atoms with Gasteiger partial charge in [0.2, 0.25) is 0 Å². The summed E-state index contributed by atoms with van der Waals surface area (Å²) >= 11 is 1.24. The number of amides is 3. The second kappa shape index (κ2) is 9.09. The van der Waals surface area contributed by atoms with E-state index < -0.39 is 18.2 Å². The number of rotatable bonds is 7. The van der Waals surface area contributed by atoms with Crippen molar-refractivity contribution in [2.45, 2.75) is 32.0 Å². The Hall–Kier alpha value is -2.55. The van der Waals surface area contributed by atoms with Crippen LogP contribution in [-0.2, 0) is 20.7 Å². The fraction of sp³-hybridized carbons (Fsp3) is 0.474. The molecule has 2 heterocycles. The summed E-state index contributed by atoms with van der Waals surface area (Å²) in [5, 5.41) is 2.97. The molecule has 0 aliphatic carbocycles. The van der Waals surface area contributed by atoms with Crippen LogP contribution in [0.3, 0.4) is 0 Å². The molecule has 1 saturated heterocycles. The van der Waals surface area contributed by atoms with Crippen LogP contribution >= 0.6 is 11.8 Å². The molecule has 0 radical (unpaired) electrons. The lowest BCUT2D eigenvalue weighted by Gasteiger charge is -2.36. The highest BCUT2D eigenvalue weighted by Gasteiger charge is 2.48. The number of aliphatic imine (C=N–C) groups is 1. The molecule has 8 nitrogen and oxygen atoms in total. The number of urea groups is 1. The molecule has 1 fully saturated rings. The molecule has 0 aromatic heterocycles. The molecular weight excluding hydrogens is 380 g/mol. The highest BCUT2D eigenvalue weighted by atomic mass is 32.2. The van der Waals surface area contributed by atoms with E-state index in [4.69, 9.17) is 4.74 Å². The maximum absolute atomic E-state index is 12.5. The predicted molar refractivity (Wildman–Crippen MR) is 107 cm³/mol. The average molecular weight is 404 g/mol. The van der Waals surface area contributed by atoms with Gasteiger partial charge in [-0.2, -0.15) is 0 Å². The number of hydrogen-bond acceptors (Lipinski definition) is 7. The molecule has 3 amide bonds. The Kier molecular flexibility index (Phi) is 6.56. The van der Waals surface area contributed by atoms with Crippen molar-refractivity contribution in [2.24, 2.45) is 4.99 Å². The van der Waals surface area contributed by atoms with Gasteiger partial charge in [-0.3, -0.25) is 14.9 Å². The van der Waals surface area contributed by atoms with Gasteiger partial charge in [0.25, 0.3) is 5.91 Å². The predicted octanol–water partition coefficient (Wildman–Crippen LogP) is 1.46. The molecule has 1 N–H and O–H groups in total. The maximum Gasteiger partial charge on any atom is 0.325 e. The van der Waals surface area contributed by atoms with Gasteiger partial charge >= 0.3 is 12.0 Å². The third-order valence-corrected chi connectivity index (χ3v) is 5.63. The molecule has 1 aromatic rings. The molecule has 0 bridgehead atoms. The van der Waals surface area contributed by atoms with Crippen molar-refractivity contribution < 1.29 is 19.1 Å². The maximum atomic E-state index is 12.5. The van der Waals surface area contributed by atoms with E-state index in [-0.39, 0.29) is 17.6 Å². The molecule has 1 aromatic carbocycles. The van der Waals surface area contributed by atoms with Crippen molar-refractivity contribution in [1.82, 2.24) is 15.1 Å². The molecule has 2 unspecified atom stereocenters. The molecule has 0 spiro atoms. The fourth-order valence-corrected chi connectivity index (χ4v) is 4.16. The zero-order valence-electron chi connectivity index (χ0n) is 16.0. The van der Waals surface area contributed by atoms with Crippen LogP contribution in [0.2, 0.25) is 0 Å². The summed E-state index contributed by atoms with van der Waals surface area (Å²) in [6.07, 6.45) is 1.10. The van der Waals surface area contributed by atoms with E-state index in [1.807, 2.05) is 23.1 Å². The number of carbonyl (C=O) groups excluding carboxylic acids is 3. The third-order valence-electron chi connectivity index (χ3n) is 4.65. The number of benzene rings is 1. The van der Waals surface area contributed by atoms with Gasteiger partial charge in [0.05, 0.1) is 12.4 Å². The van der Waals surface area contributed by atoms with E-state index in [1.54, 1.807) is 14.0 Å². The topological polar surface area (TPSA) is 91.3 Å². The largest absolute Gasteiger partial charge is 0.465 e. The summed E-state index contributed by atoms with van der Waals surface area (Å²) in [7, 11) is 1.62. The second-order valence-electron chi connectivity index (χ2n) is 6.55. The summed E-state index contributed by atoms with van der Waals surface area (Å²) in [6.45, 7) is 2.67. The molecule has 28 heavy (non-hydrogen) atoms. The first-order valence-corrected chi connectivity index (χ1v) is 10.2.